The second kappa shape index (κ2) is 17.6. The molecular formula is HgMnNiZn. The molecular weight excluding hydrogens is 380 g/mol. The van der Waals surface area contributed by atoms with Gasteiger partial charge in [-0.15, -0.1) is 0 Å². The van der Waals surface area contributed by atoms with Crippen LogP contribution in [0, 0.1) is 0 Å². The minimum atomic E-state index is 0. The number of rotatable bonds is 0. The summed E-state index contributed by atoms with van der Waals surface area (Å²) in [6, 6.07) is 0. The van der Waals surface area contributed by atoms with Crippen LogP contribution in [0.1, 0.15) is 0 Å². The Kier molecular flexibility index (Phi) is 136. The number of hydrogen-bond donors (Lipinski definition) is 0. The van der Waals surface area contributed by atoms with E-state index in [1.165, 1.54) is 0 Å². The second-order valence-corrected chi connectivity index (χ2v) is 0. The van der Waals surface area contributed by atoms with Gasteiger partial charge in [0, 0.05) is 80.7 Å². The molecule has 0 rings (SSSR count). The fourth-order valence-corrected chi connectivity index (χ4v) is 0. The zero-order chi connectivity index (χ0) is 0. The van der Waals surface area contributed by atoms with Crippen LogP contribution in [0.25, 0.3) is 0 Å². The molecule has 0 spiro atoms. The SMILES string of the molecule is [Hg].[Mn].[Ni].[Zn]. The molecule has 0 aliphatic rings. The molecule has 0 aliphatic heterocycles. The van der Waals surface area contributed by atoms with Crippen molar-refractivity contribution in [2.75, 3.05) is 0 Å². The summed E-state index contributed by atoms with van der Waals surface area (Å²) in [6.07, 6.45) is 0. The Morgan fingerprint density at radius 3 is 1.00 bits per heavy atom. The smallest absolute Gasteiger partial charge is 0 e. The summed E-state index contributed by atoms with van der Waals surface area (Å²) in [5, 5.41) is 0. The van der Waals surface area contributed by atoms with Crippen molar-refractivity contribution in [2.45, 2.75) is 0 Å². The van der Waals surface area contributed by atoms with Gasteiger partial charge in [0.2, 0.25) is 0 Å². The predicted octanol–water partition coefficient (Wildman–Crippen LogP) is -0.0100. The van der Waals surface area contributed by atoms with Crippen LogP contribution in [0.3, 0.4) is 0 Å². The van der Waals surface area contributed by atoms with Crippen molar-refractivity contribution in [3.8, 4) is 0 Å². The van der Waals surface area contributed by atoms with Crippen molar-refractivity contribution in [1.29, 1.82) is 0 Å². The molecule has 4 heavy (non-hydrogen) atoms. The summed E-state index contributed by atoms with van der Waals surface area (Å²) >= 11 is 0. The molecule has 0 aliphatic carbocycles. The minimum absolute atomic E-state index is 0. The van der Waals surface area contributed by atoms with E-state index in [0.29, 0.717) is 0 Å². The van der Waals surface area contributed by atoms with Crippen molar-refractivity contribution in [3.05, 3.63) is 0 Å². The third-order valence-electron chi connectivity index (χ3n) is 0. The van der Waals surface area contributed by atoms with Crippen LogP contribution in [0.4, 0.5) is 0 Å². The van der Waals surface area contributed by atoms with Gasteiger partial charge in [-0.1, -0.05) is 0 Å². The average molecular weight is 380 g/mol. The molecule has 0 fully saturated rings. The maximum atomic E-state index is 0. The Labute approximate surface area is 79.5 Å². The Hall–Kier alpha value is 2.57. The van der Waals surface area contributed by atoms with Crippen LogP contribution in [0.5, 0.6) is 0 Å². The van der Waals surface area contributed by atoms with Gasteiger partial charge < -0.3 is 0 Å². The second-order valence-electron chi connectivity index (χ2n) is 0. The van der Waals surface area contributed by atoms with Gasteiger partial charge in [-0.2, -0.15) is 0 Å². The zero-order valence-electron chi connectivity index (χ0n) is 2.11. The summed E-state index contributed by atoms with van der Waals surface area (Å²) < 4.78 is 0. The molecule has 1 radical (unpaired) electrons. The van der Waals surface area contributed by atoms with E-state index in [1.54, 1.807) is 0 Å². The maximum Gasteiger partial charge on any atom is 0 e. The molecule has 0 atom stereocenters. The average Bonchev–Trinajstić information content (AvgIpc) is 0. The first kappa shape index (κ1) is 30.8. The van der Waals surface area contributed by atoms with Crippen molar-refractivity contribution in [3.63, 3.8) is 0 Å². The molecule has 0 aromatic rings. The third kappa shape index (κ3) is 8.82. The van der Waals surface area contributed by atoms with Crippen LogP contribution in [0.15, 0.2) is 0 Å². The number of hydrogen-bond acceptors (Lipinski definition) is 0. The Balaban J connectivity index is 0. The molecule has 0 aromatic heterocycles. The first-order valence-corrected chi connectivity index (χ1v) is 0. The van der Waals surface area contributed by atoms with Gasteiger partial charge in [0.1, 0.15) is 0 Å². The molecule has 0 heterocycles. The fourth-order valence-electron chi connectivity index (χ4n) is 0. The Morgan fingerprint density at radius 2 is 1.00 bits per heavy atom. The van der Waals surface area contributed by atoms with Gasteiger partial charge in [0.15, 0.2) is 0 Å². The van der Waals surface area contributed by atoms with Crippen molar-refractivity contribution >= 4 is 0 Å². The van der Waals surface area contributed by atoms with E-state index in [4.69, 9.17) is 0 Å². The third-order valence-corrected chi connectivity index (χ3v) is 0. The maximum absolute atomic E-state index is 0. The van der Waals surface area contributed by atoms with E-state index < -0.39 is 0 Å². The Morgan fingerprint density at radius 1 is 1.00 bits per heavy atom. The quantitative estimate of drug-likeness (QED) is 0.520. The molecule has 0 saturated heterocycles. The summed E-state index contributed by atoms with van der Waals surface area (Å²) in [5.41, 5.74) is 0. The Bertz CT molecular complexity index is 8.00. The summed E-state index contributed by atoms with van der Waals surface area (Å²) in [7, 11) is 0. The topological polar surface area (TPSA) is 0 Å². The van der Waals surface area contributed by atoms with Crippen LogP contribution in [0.2, 0.25) is 0 Å². The van der Waals surface area contributed by atoms with Crippen LogP contribution in [-0.2, 0) is 80.7 Å². The fraction of sp³-hybridized carbons (Fsp3) is 0. The predicted molar refractivity (Wildman–Crippen MR) is 0 cm³/mol. The van der Waals surface area contributed by atoms with E-state index in [-0.39, 0.29) is 80.7 Å². The van der Waals surface area contributed by atoms with Gasteiger partial charge in [-0.25, -0.2) is 0 Å². The van der Waals surface area contributed by atoms with E-state index in [0.717, 1.165) is 0 Å². The van der Waals surface area contributed by atoms with Gasteiger partial charge >= 0.3 is 0 Å². The molecule has 0 aromatic carbocycles. The first-order chi connectivity index (χ1) is 0. The summed E-state index contributed by atoms with van der Waals surface area (Å²) in [5.74, 6) is 0. The standard InChI is InChI=1S/Hg.Mn.Ni.Zn. The molecule has 0 amide bonds. The van der Waals surface area contributed by atoms with Gasteiger partial charge in [0.05, 0.1) is 0 Å². The van der Waals surface area contributed by atoms with E-state index in [9.17, 15) is 0 Å². The van der Waals surface area contributed by atoms with Gasteiger partial charge in [0.25, 0.3) is 0 Å². The largest absolute Gasteiger partial charge is 0 e. The van der Waals surface area contributed by atoms with Crippen molar-refractivity contribution in [1.82, 2.24) is 0 Å². The van der Waals surface area contributed by atoms with Crippen molar-refractivity contribution < 1.29 is 80.7 Å². The van der Waals surface area contributed by atoms with E-state index in [1.807, 2.05) is 0 Å². The minimum Gasteiger partial charge on any atom is 0 e. The summed E-state index contributed by atoms with van der Waals surface area (Å²) in [4.78, 5) is 0. The van der Waals surface area contributed by atoms with Gasteiger partial charge in [-0.05, 0) is 0 Å². The molecule has 0 N–H and O–H groups in total. The van der Waals surface area contributed by atoms with Crippen LogP contribution in [-0.4, -0.2) is 0 Å². The van der Waals surface area contributed by atoms with Gasteiger partial charge in [-0.3, -0.25) is 0 Å². The molecule has 0 saturated carbocycles. The first-order valence-electron chi connectivity index (χ1n) is 0. The molecule has 0 bridgehead atoms. The monoisotopic (exact) mass is 379 g/mol. The van der Waals surface area contributed by atoms with Crippen molar-refractivity contribution in [2.24, 2.45) is 0 Å². The molecule has 4 heteroatoms. The molecule has 0 unspecified atom stereocenters. The van der Waals surface area contributed by atoms with Crippen LogP contribution >= 0.6 is 0 Å². The molecule has 21 valence electrons. The van der Waals surface area contributed by atoms with E-state index >= 15 is 0 Å². The van der Waals surface area contributed by atoms with Crippen LogP contribution < -0.4 is 0 Å². The van der Waals surface area contributed by atoms with E-state index in [2.05, 4.69) is 0 Å². The molecule has 0 nitrogen and oxygen atoms in total. The summed E-state index contributed by atoms with van der Waals surface area (Å²) in [6.45, 7) is 0. The normalized spacial score (nSPS) is 0. The zero-order valence-corrected chi connectivity index (χ0v) is 12.7.